The maximum atomic E-state index is 12.9. The largest absolute Gasteiger partial charge is 0.493 e. The van der Waals surface area contributed by atoms with Gasteiger partial charge in [-0.2, -0.15) is 0 Å². The summed E-state index contributed by atoms with van der Waals surface area (Å²) in [5.74, 6) is 1.28. The normalized spacial score (nSPS) is 16.9. The summed E-state index contributed by atoms with van der Waals surface area (Å²) >= 11 is 0. The number of hydrogen-bond donors (Lipinski definition) is 1. The second-order valence-electron chi connectivity index (χ2n) is 6.91. The zero-order valence-electron chi connectivity index (χ0n) is 15.2. The van der Waals surface area contributed by atoms with Gasteiger partial charge in [0, 0.05) is 17.3 Å². The van der Waals surface area contributed by atoms with E-state index in [1.807, 2.05) is 30.3 Å². The lowest BCUT2D eigenvalue weighted by atomic mass is 10.1. The molecule has 2 aliphatic rings. The molecule has 6 heteroatoms. The maximum Gasteiger partial charge on any atom is 0.258 e. The highest BCUT2D eigenvalue weighted by molar-refractivity contribution is 6.10. The number of methoxy groups -OCH3 is 1. The van der Waals surface area contributed by atoms with Crippen LogP contribution in [0.25, 0.3) is 0 Å². The van der Waals surface area contributed by atoms with Gasteiger partial charge < -0.3 is 19.6 Å². The van der Waals surface area contributed by atoms with Crippen molar-refractivity contribution in [2.45, 2.75) is 38.3 Å². The Morgan fingerprint density at radius 2 is 1.96 bits per heavy atom. The third-order valence-corrected chi connectivity index (χ3v) is 5.20. The van der Waals surface area contributed by atoms with E-state index in [4.69, 9.17) is 14.7 Å². The van der Waals surface area contributed by atoms with E-state index in [1.165, 1.54) is 19.1 Å². The second-order valence-corrected chi connectivity index (χ2v) is 6.91. The molecule has 140 valence electrons. The molecule has 0 unspecified atom stereocenters. The van der Waals surface area contributed by atoms with Crippen molar-refractivity contribution in [2.24, 2.45) is 5.16 Å². The van der Waals surface area contributed by atoms with Gasteiger partial charge in [-0.25, -0.2) is 0 Å². The highest BCUT2D eigenvalue weighted by atomic mass is 16.5. The van der Waals surface area contributed by atoms with Crippen molar-refractivity contribution in [3.05, 3.63) is 53.1 Å². The number of carbonyl (C=O) groups is 1. The number of rotatable bonds is 5. The molecule has 0 aromatic heterocycles. The summed E-state index contributed by atoms with van der Waals surface area (Å²) < 4.78 is 11.6. The average Bonchev–Trinajstić information content (AvgIpc) is 3.30. The van der Waals surface area contributed by atoms with Gasteiger partial charge in [-0.1, -0.05) is 17.3 Å². The third kappa shape index (κ3) is 3.35. The molecule has 1 aliphatic carbocycles. The first kappa shape index (κ1) is 17.4. The Labute approximate surface area is 158 Å². The molecule has 1 aliphatic heterocycles. The first-order valence-corrected chi connectivity index (χ1v) is 9.16. The molecule has 1 fully saturated rings. The van der Waals surface area contributed by atoms with Gasteiger partial charge in [0.2, 0.25) is 0 Å². The summed E-state index contributed by atoms with van der Waals surface area (Å²) in [6.45, 7) is 0.500. The molecule has 0 saturated heterocycles. The number of oxime groups is 1. The Balaban J connectivity index is 1.62. The van der Waals surface area contributed by atoms with Crippen molar-refractivity contribution in [3.63, 3.8) is 0 Å². The van der Waals surface area contributed by atoms with Gasteiger partial charge in [0.05, 0.1) is 26.0 Å². The number of hydrogen-bond acceptors (Lipinski definition) is 5. The molecular formula is C21H22N2O4. The Morgan fingerprint density at radius 1 is 1.15 bits per heavy atom. The minimum absolute atomic E-state index is 0.0739. The molecule has 4 rings (SSSR count). The molecule has 27 heavy (non-hydrogen) atoms. The minimum atomic E-state index is -0.0739. The van der Waals surface area contributed by atoms with Crippen molar-refractivity contribution < 1.29 is 19.5 Å². The minimum Gasteiger partial charge on any atom is -0.493 e. The van der Waals surface area contributed by atoms with E-state index in [1.54, 1.807) is 18.1 Å². The fourth-order valence-electron chi connectivity index (χ4n) is 3.79. The van der Waals surface area contributed by atoms with Crippen molar-refractivity contribution in [1.29, 1.82) is 0 Å². The van der Waals surface area contributed by atoms with E-state index in [-0.39, 0.29) is 12.0 Å². The monoisotopic (exact) mass is 366 g/mol. The standard InChI is InChI=1S/C21H22N2O4/c1-26-19-9-8-16(11-20(19)27-17-4-2-3-5-17)23-13-15-7-6-14(12-22-25)10-18(15)21(23)24/h6-12,17,25H,2-5,13H2,1H3/b22-12-. The summed E-state index contributed by atoms with van der Waals surface area (Å²) in [5.41, 5.74) is 3.04. The Kier molecular flexibility index (Phi) is 4.71. The van der Waals surface area contributed by atoms with Crippen molar-refractivity contribution in [1.82, 2.24) is 0 Å². The fraction of sp³-hybridized carbons (Fsp3) is 0.333. The maximum absolute atomic E-state index is 12.9. The lowest BCUT2D eigenvalue weighted by molar-refractivity contribution is 0.0996. The van der Waals surface area contributed by atoms with Crippen LogP contribution in [0.2, 0.25) is 0 Å². The molecule has 1 N–H and O–H groups in total. The molecule has 6 nitrogen and oxygen atoms in total. The van der Waals surface area contributed by atoms with E-state index in [0.717, 1.165) is 24.1 Å². The SMILES string of the molecule is COc1ccc(N2Cc3ccc(/C=N\O)cc3C2=O)cc1OC1CCCC1. The van der Waals surface area contributed by atoms with Crippen LogP contribution < -0.4 is 14.4 Å². The highest BCUT2D eigenvalue weighted by Crippen LogP contribution is 2.37. The van der Waals surface area contributed by atoms with Crippen LogP contribution in [-0.2, 0) is 6.54 Å². The molecule has 1 heterocycles. The molecular weight excluding hydrogens is 344 g/mol. The molecule has 0 spiro atoms. The molecule has 0 radical (unpaired) electrons. The van der Waals surface area contributed by atoms with Gasteiger partial charge in [0.1, 0.15) is 0 Å². The van der Waals surface area contributed by atoms with Crippen LogP contribution in [0.15, 0.2) is 41.6 Å². The average molecular weight is 366 g/mol. The lowest BCUT2D eigenvalue weighted by Gasteiger charge is -2.20. The zero-order valence-corrected chi connectivity index (χ0v) is 15.2. The fourth-order valence-corrected chi connectivity index (χ4v) is 3.79. The Hall–Kier alpha value is -3.02. The van der Waals surface area contributed by atoms with E-state index >= 15 is 0 Å². The van der Waals surface area contributed by atoms with E-state index in [9.17, 15) is 4.79 Å². The van der Waals surface area contributed by atoms with E-state index in [0.29, 0.717) is 29.2 Å². The predicted octanol–water partition coefficient (Wildman–Crippen LogP) is 3.99. The summed E-state index contributed by atoms with van der Waals surface area (Å²) in [6.07, 6.45) is 6.00. The molecule has 2 aromatic carbocycles. The van der Waals surface area contributed by atoms with Gasteiger partial charge in [-0.15, -0.1) is 0 Å². The second kappa shape index (κ2) is 7.31. The lowest BCUT2D eigenvalue weighted by Crippen LogP contribution is -2.23. The topological polar surface area (TPSA) is 71.4 Å². The van der Waals surface area contributed by atoms with Gasteiger partial charge >= 0.3 is 0 Å². The summed E-state index contributed by atoms with van der Waals surface area (Å²) in [4.78, 5) is 14.6. The van der Waals surface area contributed by atoms with Crippen molar-refractivity contribution >= 4 is 17.8 Å². The van der Waals surface area contributed by atoms with Crippen LogP contribution in [0.4, 0.5) is 5.69 Å². The summed E-state index contributed by atoms with van der Waals surface area (Å²) in [5, 5.41) is 11.7. The van der Waals surface area contributed by atoms with Crippen LogP contribution in [0, 0.1) is 0 Å². The number of nitrogens with zero attached hydrogens (tertiary/aromatic N) is 2. The number of carbonyl (C=O) groups excluding carboxylic acids is 1. The molecule has 0 bridgehead atoms. The molecule has 1 saturated carbocycles. The van der Waals surface area contributed by atoms with E-state index in [2.05, 4.69) is 5.16 Å². The first-order chi connectivity index (χ1) is 13.2. The van der Waals surface area contributed by atoms with Crippen LogP contribution in [0.5, 0.6) is 11.5 Å². The zero-order chi connectivity index (χ0) is 18.8. The number of anilines is 1. The van der Waals surface area contributed by atoms with Gasteiger partial charge in [0.15, 0.2) is 11.5 Å². The van der Waals surface area contributed by atoms with Gasteiger partial charge in [-0.05, 0) is 55.0 Å². The van der Waals surface area contributed by atoms with Crippen LogP contribution in [-0.4, -0.2) is 30.5 Å². The summed E-state index contributed by atoms with van der Waals surface area (Å²) in [6, 6.07) is 11.1. The van der Waals surface area contributed by atoms with Crippen LogP contribution in [0.3, 0.4) is 0 Å². The number of ether oxygens (including phenoxy) is 2. The predicted molar refractivity (Wildman–Crippen MR) is 102 cm³/mol. The third-order valence-electron chi connectivity index (χ3n) is 5.20. The van der Waals surface area contributed by atoms with E-state index < -0.39 is 0 Å². The summed E-state index contributed by atoms with van der Waals surface area (Å²) in [7, 11) is 1.62. The van der Waals surface area contributed by atoms with Crippen LogP contribution in [0.1, 0.15) is 47.2 Å². The smallest absolute Gasteiger partial charge is 0.258 e. The van der Waals surface area contributed by atoms with Crippen molar-refractivity contribution in [3.8, 4) is 11.5 Å². The number of benzene rings is 2. The Bertz CT molecular complexity index is 888. The molecule has 1 amide bonds. The van der Waals surface area contributed by atoms with Crippen molar-refractivity contribution in [2.75, 3.05) is 12.0 Å². The first-order valence-electron chi connectivity index (χ1n) is 9.16. The molecule has 0 atom stereocenters. The van der Waals surface area contributed by atoms with Gasteiger partial charge in [-0.3, -0.25) is 4.79 Å². The Morgan fingerprint density at radius 3 is 2.70 bits per heavy atom. The quantitative estimate of drug-likeness (QED) is 0.493. The molecule has 2 aromatic rings. The van der Waals surface area contributed by atoms with Crippen LogP contribution >= 0.6 is 0 Å². The highest BCUT2D eigenvalue weighted by Gasteiger charge is 2.29. The van der Waals surface area contributed by atoms with Gasteiger partial charge in [0.25, 0.3) is 5.91 Å². The number of amides is 1. The number of fused-ring (bicyclic) bond motifs is 1.